The summed E-state index contributed by atoms with van der Waals surface area (Å²) >= 11 is 0. The molecule has 0 bridgehead atoms. The van der Waals surface area contributed by atoms with Crippen LogP contribution in [0.5, 0.6) is 0 Å². The predicted octanol–water partition coefficient (Wildman–Crippen LogP) is 3.33. The molecular formula is C14H27FO2. The second kappa shape index (κ2) is 6.14. The van der Waals surface area contributed by atoms with E-state index in [1.807, 2.05) is 20.8 Å². The smallest absolute Gasteiger partial charge is 0.108 e. The number of aliphatic hydroxyl groups excluding tert-OH is 1. The molecule has 5 atom stereocenters. The minimum absolute atomic E-state index is 0.117. The summed E-state index contributed by atoms with van der Waals surface area (Å²) in [6, 6.07) is 0. The molecule has 0 aromatic heterocycles. The zero-order valence-electron chi connectivity index (χ0n) is 11.6. The Kier molecular flexibility index (Phi) is 5.39. The molecule has 0 aromatic rings. The van der Waals surface area contributed by atoms with Gasteiger partial charge in [0.15, 0.2) is 0 Å². The third-order valence-electron chi connectivity index (χ3n) is 4.56. The van der Waals surface area contributed by atoms with Gasteiger partial charge in [0.2, 0.25) is 0 Å². The van der Waals surface area contributed by atoms with Gasteiger partial charge in [0, 0.05) is 13.0 Å². The fraction of sp³-hybridized carbons (Fsp3) is 1.00. The molecule has 1 fully saturated rings. The highest BCUT2D eigenvalue weighted by Crippen LogP contribution is 2.40. The Bertz CT molecular complexity index is 234. The van der Waals surface area contributed by atoms with Gasteiger partial charge in [-0.1, -0.05) is 33.1 Å². The average molecular weight is 246 g/mol. The van der Waals surface area contributed by atoms with E-state index in [2.05, 4.69) is 0 Å². The van der Waals surface area contributed by atoms with Crippen LogP contribution in [0.4, 0.5) is 4.39 Å². The molecule has 0 saturated heterocycles. The molecule has 0 radical (unpaired) electrons. The Hall–Kier alpha value is -0.150. The summed E-state index contributed by atoms with van der Waals surface area (Å²) in [7, 11) is 1.63. The Morgan fingerprint density at radius 3 is 2.65 bits per heavy atom. The Morgan fingerprint density at radius 2 is 2.12 bits per heavy atom. The number of aliphatic hydroxyl groups is 1. The van der Waals surface area contributed by atoms with Crippen molar-refractivity contribution < 1.29 is 14.2 Å². The molecule has 3 heteroatoms. The van der Waals surface area contributed by atoms with Gasteiger partial charge in [-0.2, -0.15) is 0 Å². The van der Waals surface area contributed by atoms with E-state index in [0.717, 1.165) is 25.7 Å². The van der Waals surface area contributed by atoms with Crippen LogP contribution in [0.25, 0.3) is 0 Å². The van der Waals surface area contributed by atoms with E-state index >= 15 is 0 Å². The SMILES string of the molecule is CC[C@@H](C)C(O)C1C(F)CCCC[C@@]1(C)OC. The quantitative estimate of drug-likeness (QED) is 0.771. The van der Waals surface area contributed by atoms with E-state index in [4.69, 9.17) is 4.74 Å². The van der Waals surface area contributed by atoms with Crippen LogP contribution in [0.3, 0.4) is 0 Å². The molecule has 17 heavy (non-hydrogen) atoms. The topological polar surface area (TPSA) is 29.5 Å². The molecule has 0 spiro atoms. The molecule has 102 valence electrons. The van der Waals surface area contributed by atoms with Gasteiger partial charge >= 0.3 is 0 Å². The molecule has 2 nitrogen and oxygen atoms in total. The van der Waals surface area contributed by atoms with Crippen LogP contribution >= 0.6 is 0 Å². The molecule has 1 saturated carbocycles. The van der Waals surface area contributed by atoms with Gasteiger partial charge in [0.05, 0.1) is 11.7 Å². The molecule has 3 unspecified atom stereocenters. The second-order valence-corrected chi connectivity index (χ2v) is 5.68. The number of alkyl halides is 1. The molecule has 0 heterocycles. The van der Waals surface area contributed by atoms with E-state index in [1.54, 1.807) is 7.11 Å². The molecule has 0 aliphatic heterocycles. The standard InChI is InChI=1S/C14H27FO2/c1-5-10(2)13(16)12-11(15)8-6-7-9-14(12,3)17-4/h10-13,16H,5-9H2,1-4H3/t10-,11?,12?,13?,14-/m1/s1. The van der Waals surface area contributed by atoms with Gasteiger partial charge in [-0.3, -0.25) is 0 Å². The monoisotopic (exact) mass is 246 g/mol. The summed E-state index contributed by atoms with van der Waals surface area (Å²) in [5.74, 6) is -0.282. The van der Waals surface area contributed by atoms with Crippen LogP contribution < -0.4 is 0 Å². The predicted molar refractivity (Wildman–Crippen MR) is 67.7 cm³/mol. The fourth-order valence-electron chi connectivity index (χ4n) is 2.95. The minimum Gasteiger partial charge on any atom is -0.392 e. The third kappa shape index (κ3) is 3.19. The molecule has 1 aliphatic carbocycles. The van der Waals surface area contributed by atoms with Gasteiger partial charge < -0.3 is 9.84 Å². The second-order valence-electron chi connectivity index (χ2n) is 5.68. The van der Waals surface area contributed by atoms with Gasteiger partial charge in [0.1, 0.15) is 6.17 Å². The van der Waals surface area contributed by atoms with Crippen LogP contribution in [0.15, 0.2) is 0 Å². The van der Waals surface area contributed by atoms with E-state index in [9.17, 15) is 9.50 Å². The minimum atomic E-state index is -0.952. The van der Waals surface area contributed by atoms with Crippen LogP contribution in [-0.2, 0) is 4.74 Å². The van der Waals surface area contributed by atoms with Gasteiger partial charge in [-0.15, -0.1) is 0 Å². The van der Waals surface area contributed by atoms with Gasteiger partial charge in [-0.05, 0) is 25.7 Å². The first-order valence-electron chi connectivity index (χ1n) is 6.83. The Labute approximate surface area is 105 Å². The first-order valence-corrected chi connectivity index (χ1v) is 6.83. The van der Waals surface area contributed by atoms with E-state index in [-0.39, 0.29) is 5.92 Å². The molecule has 1 aliphatic rings. The summed E-state index contributed by atoms with van der Waals surface area (Å²) in [4.78, 5) is 0. The number of methoxy groups -OCH3 is 1. The average Bonchev–Trinajstić information content (AvgIpc) is 2.47. The maximum atomic E-state index is 14.3. The van der Waals surface area contributed by atoms with Crippen LogP contribution in [0.1, 0.15) is 52.9 Å². The molecular weight excluding hydrogens is 219 g/mol. The summed E-state index contributed by atoms with van der Waals surface area (Å²) in [6.45, 7) is 5.96. The van der Waals surface area contributed by atoms with Crippen LogP contribution in [0.2, 0.25) is 0 Å². The lowest BCUT2D eigenvalue weighted by Crippen LogP contribution is -2.49. The zero-order chi connectivity index (χ0) is 13.1. The maximum Gasteiger partial charge on any atom is 0.108 e. The number of halogens is 1. The van der Waals surface area contributed by atoms with Gasteiger partial charge in [0.25, 0.3) is 0 Å². The first kappa shape index (κ1) is 14.9. The summed E-state index contributed by atoms with van der Waals surface area (Å²) in [5.41, 5.74) is -0.529. The van der Waals surface area contributed by atoms with Crippen molar-refractivity contribution in [2.24, 2.45) is 11.8 Å². The van der Waals surface area contributed by atoms with Crippen molar-refractivity contribution in [1.29, 1.82) is 0 Å². The van der Waals surface area contributed by atoms with Crippen molar-refractivity contribution >= 4 is 0 Å². The lowest BCUT2D eigenvalue weighted by molar-refractivity contribution is -0.125. The van der Waals surface area contributed by atoms with Crippen molar-refractivity contribution in [1.82, 2.24) is 0 Å². The van der Waals surface area contributed by atoms with E-state index < -0.39 is 23.8 Å². The highest BCUT2D eigenvalue weighted by Gasteiger charge is 2.46. The number of ether oxygens (including phenoxy) is 1. The van der Waals surface area contributed by atoms with Crippen molar-refractivity contribution in [3.05, 3.63) is 0 Å². The maximum absolute atomic E-state index is 14.3. The normalized spacial score (nSPS) is 38.5. The summed E-state index contributed by atoms with van der Waals surface area (Å²) in [5, 5.41) is 10.4. The molecule has 0 aromatic carbocycles. The lowest BCUT2D eigenvalue weighted by Gasteiger charge is -2.41. The van der Waals surface area contributed by atoms with Crippen molar-refractivity contribution in [3.63, 3.8) is 0 Å². The van der Waals surface area contributed by atoms with E-state index in [1.165, 1.54) is 0 Å². The third-order valence-corrected chi connectivity index (χ3v) is 4.56. The fourth-order valence-corrected chi connectivity index (χ4v) is 2.95. The van der Waals surface area contributed by atoms with Crippen molar-refractivity contribution in [3.8, 4) is 0 Å². The molecule has 0 amide bonds. The first-order chi connectivity index (χ1) is 7.96. The zero-order valence-corrected chi connectivity index (χ0v) is 11.6. The Balaban J connectivity index is 2.93. The number of rotatable bonds is 4. The number of hydrogen-bond donors (Lipinski definition) is 1. The van der Waals surface area contributed by atoms with Crippen LogP contribution in [0, 0.1) is 11.8 Å². The highest BCUT2D eigenvalue weighted by atomic mass is 19.1. The van der Waals surface area contributed by atoms with Crippen LogP contribution in [-0.4, -0.2) is 30.1 Å². The molecule has 1 rings (SSSR count). The molecule has 1 N–H and O–H groups in total. The summed E-state index contributed by atoms with van der Waals surface area (Å²) < 4.78 is 19.9. The largest absolute Gasteiger partial charge is 0.392 e. The summed E-state index contributed by atoms with van der Waals surface area (Å²) in [6.07, 6.45) is 2.56. The van der Waals surface area contributed by atoms with Crippen molar-refractivity contribution in [2.75, 3.05) is 7.11 Å². The van der Waals surface area contributed by atoms with Crippen molar-refractivity contribution in [2.45, 2.75) is 70.8 Å². The lowest BCUT2D eigenvalue weighted by atomic mass is 9.75. The van der Waals surface area contributed by atoms with E-state index in [0.29, 0.717) is 6.42 Å². The highest BCUT2D eigenvalue weighted by molar-refractivity contribution is 4.96. The Morgan fingerprint density at radius 1 is 1.47 bits per heavy atom. The number of hydrogen-bond acceptors (Lipinski definition) is 2. The van der Waals surface area contributed by atoms with Gasteiger partial charge in [-0.25, -0.2) is 4.39 Å².